The monoisotopic (exact) mass is 603 g/mol. The molecule has 2 aromatic heterocycles. The number of halogens is 1. The molecule has 0 unspecified atom stereocenters. The third-order valence-corrected chi connectivity index (χ3v) is 7.30. The summed E-state index contributed by atoms with van der Waals surface area (Å²) in [7, 11) is 1.39. The van der Waals surface area contributed by atoms with Gasteiger partial charge in [-0.25, -0.2) is 19.0 Å². The Morgan fingerprint density at radius 2 is 1.93 bits per heavy atom. The Hall–Kier alpha value is -5.60. The lowest BCUT2D eigenvalue weighted by Gasteiger charge is -2.35. The standard InChI is InChI=1S/C29H30FN9O5/c1-44-22-10-9-19(30)12-21(22)26(40)34-13-17-5-7-18(8-6-17)24(31)23-25(36-28(42)37-27(23)41)33-14-20-4-2-3-11-38(20)29(43)39-16-32-15-35-39/h5-10,12,15-16,20,31H,2-4,11,13-14H2,1H3,(H,34,40)(H3,33,36,37,41,42)/t20-/m0/s1. The van der Waals surface area contributed by atoms with Crippen LogP contribution < -0.4 is 26.6 Å². The molecule has 1 atom stereocenters. The minimum Gasteiger partial charge on any atom is -0.496 e. The SMILES string of the molecule is COc1ccc(F)cc1C(=O)NCc1ccc(C(=N)c2c(NC[C@@H]3CCCCN3C(=O)n3cncn3)[nH]c(=O)[nH]c2=O)cc1. The highest BCUT2D eigenvalue weighted by molar-refractivity contribution is 6.13. The highest BCUT2D eigenvalue weighted by Gasteiger charge is 2.29. The van der Waals surface area contributed by atoms with Crippen LogP contribution in [0.4, 0.5) is 15.0 Å². The van der Waals surface area contributed by atoms with E-state index >= 15 is 0 Å². The summed E-state index contributed by atoms with van der Waals surface area (Å²) in [6, 6.07) is 9.65. The number of nitrogens with one attached hydrogen (secondary N) is 5. The van der Waals surface area contributed by atoms with E-state index in [1.807, 2.05) is 0 Å². The number of rotatable bonds is 9. The van der Waals surface area contributed by atoms with E-state index in [9.17, 15) is 23.6 Å². The van der Waals surface area contributed by atoms with Crippen molar-refractivity contribution in [1.29, 1.82) is 5.41 Å². The molecule has 14 nitrogen and oxygen atoms in total. The summed E-state index contributed by atoms with van der Waals surface area (Å²) in [6.45, 7) is 0.848. The van der Waals surface area contributed by atoms with E-state index in [1.165, 1.54) is 31.9 Å². The van der Waals surface area contributed by atoms with Crippen LogP contribution >= 0.6 is 0 Å². The summed E-state index contributed by atoms with van der Waals surface area (Å²) in [5.41, 5.74) is -0.586. The molecule has 0 saturated carbocycles. The van der Waals surface area contributed by atoms with E-state index in [2.05, 4.69) is 30.7 Å². The normalized spacial score (nSPS) is 14.6. The van der Waals surface area contributed by atoms with Crippen LogP contribution in [0.15, 0.2) is 64.7 Å². The average Bonchev–Trinajstić information content (AvgIpc) is 3.57. The average molecular weight is 604 g/mol. The van der Waals surface area contributed by atoms with Gasteiger partial charge >= 0.3 is 11.7 Å². The Morgan fingerprint density at radius 1 is 1.14 bits per heavy atom. The molecule has 3 heterocycles. The first-order chi connectivity index (χ1) is 21.2. The van der Waals surface area contributed by atoms with Crippen molar-refractivity contribution in [2.45, 2.75) is 31.8 Å². The van der Waals surface area contributed by atoms with Gasteiger partial charge in [0.2, 0.25) is 0 Å². The molecule has 1 aliphatic rings. The molecule has 4 aromatic rings. The molecule has 2 amide bonds. The van der Waals surface area contributed by atoms with Gasteiger partial charge in [0.05, 0.1) is 24.4 Å². The molecular formula is C29H30FN9O5. The fourth-order valence-corrected chi connectivity index (χ4v) is 5.05. The number of H-pyrrole nitrogens is 2. The van der Waals surface area contributed by atoms with E-state index in [-0.39, 0.29) is 53.6 Å². The van der Waals surface area contributed by atoms with Gasteiger partial charge in [0.1, 0.15) is 35.6 Å². The Bertz CT molecular complexity index is 1780. The van der Waals surface area contributed by atoms with Crippen LogP contribution in [0.2, 0.25) is 0 Å². The number of likely N-dealkylation sites (tertiary alicyclic amines) is 1. The Kier molecular flexibility index (Phi) is 8.93. The zero-order chi connectivity index (χ0) is 31.2. The summed E-state index contributed by atoms with van der Waals surface area (Å²) in [5, 5.41) is 18.5. The van der Waals surface area contributed by atoms with Crippen LogP contribution in [0.3, 0.4) is 0 Å². The van der Waals surface area contributed by atoms with Crippen LogP contribution in [0.25, 0.3) is 0 Å². The van der Waals surface area contributed by atoms with Crippen molar-refractivity contribution < 1.29 is 18.7 Å². The van der Waals surface area contributed by atoms with Crippen LogP contribution in [0, 0.1) is 11.2 Å². The Balaban J connectivity index is 1.29. The smallest absolute Gasteiger partial charge is 0.346 e. The molecule has 5 N–H and O–H groups in total. The number of aromatic amines is 2. The lowest BCUT2D eigenvalue weighted by atomic mass is 10.0. The predicted molar refractivity (Wildman–Crippen MR) is 158 cm³/mol. The summed E-state index contributed by atoms with van der Waals surface area (Å²) in [6.07, 6.45) is 5.02. The zero-order valence-corrected chi connectivity index (χ0v) is 23.7. The number of carbonyl (C=O) groups is 2. The zero-order valence-electron chi connectivity index (χ0n) is 23.7. The van der Waals surface area contributed by atoms with Crippen LogP contribution in [-0.2, 0) is 6.54 Å². The number of piperidine rings is 1. The minimum absolute atomic E-state index is 0.0577. The van der Waals surface area contributed by atoms with Gasteiger partial charge in [-0.05, 0) is 43.0 Å². The second-order valence-electron chi connectivity index (χ2n) is 10.1. The highest BCUT2D eigenvalue weighted by atomic mass is 19.1. The van der Waals surface area contributed by atoms with Crippen LogP contribution in [-0.4, -0.2) is 73.5 Å². The molecular weight excluding hydrogens is 573 g/mol. The highest BCUT2D eigenvalue weighted by Crippen LogP contribution is 2.21. The molecule has 228 valence electrons. The molecule has 44 heavy (non-hydrogen) atoms. The minimum atomic E-state index is -0.749. The molecule has 0 aliphatic carbocycles. The van der Waals surface area contributed by atoms with E-state index < -0.39 is 23.0 Å². The van der Waals surface area contributed by atoms with Crippen molar-refractivity contribution in [2.75, 3.05) is 25.5 Å². The van der Waals surface area contributed by atoms with E-state index in [4.69, 9.17) is 10.1 Å². The maximum Gasteiger partial charge on any atom is 0.346 e. The van der Waals surface area contributed by atoms with Crippen LogP contribution in [0.1, 0.15) is 46.3 Å². The Labute approximate surface area is 249 Å². The first-order valence-electron chi connectivity index (χ1n) is 13.8. The summed E-state index contributed by atoms with van der Waals surface area (Å²) in [5.74, 6) is -0.793. The number of hydrogen-bond acceptors (Lipinski definition) is 9. The van der Waals surface area contributed by atoms with Crippen molar-refractivity contribution >= 4 is 23.5 Å². The second kappa shape index (κ2) is 13.1. The first kappa shape index (κ1) is 29.9. The lowest BCUT2D eigenvalue weighted by Crippen LogP contribution is -2.49. The van der Waals surface area contributed by atoms with Crippen molar-refractivity contribution in [3.05, 3.63) is 104 Å². The van der Waals surface area contributed by atoms with Gasteiger partial charge in [-0.1, -0.05) is 24.3 Å². The van der Waals surface area contributed by atoms with Crippen molar-refractivity contribution in [1.82, 2.24) is 34.9 Å². The maximum absolute atomic E-state index is 13.7. The van der Waals surface area contributed by atoms with E-state index in [0.717, 1.165) is 23.6 Å². The predicted octanol–water partition coefficient (Wildman–Crippen LogP) is 2.08. The van der Waals surface area contributed by atoms with Crippen LogP contribution in [0.5, 0.6) is 5.75 Å². The number of hydrogen-bond donors (Lipinski definition) is 5. The molecule has 5 rings (SSSR count). The summed E-state index contributed by atoms with van der Waals surface area (Å²) < 4.78 is 20.0. The third kappa shape index (κ3) is 6.56. The molecule has 15 heteroatoms. The second-order valence-corrected chi connectivity index (χ2v) is 10.1. The molecule has 1 fully saturated rings. The van der Waals surface area contributed by atoms with E-state index in [0.29, 0.717) is 24.1 Å². The number of nitrogens with zero attached hydrogens (tertiary/aromatic N) is 4. The third-order valence-electron chi connectivity index (χ3n) is 7.30. The van der Waals surface area contributed by atoms with Crippen molar-refractivity contribution in [3.63, 3.8) is 0 Å². The quantitative estimate of drug-likeness (QED) is 0.180. The molecule has 1 aliphatic heterocycles. The number of ether oxygens (including phenoxy) is 1. The molecule has 2 aromatic carbocycles. The van der Waals surface area contributed by atoms with Crippen molar-refractivity contribution in [2.24, 2.45) is 0 Å². The molecule has 0 radical (unpaired) electrons. The molecule has 0 spiro atoms. The number of carbonyl (C=O) groups excluding carboxylic acids is 2. The fraction of sp³-hybridized carbons (Fsp3) is 0.276. The summed E-state index contributed by atoms with van der Waals surface area (Å²) in [4.78, 5) is 60.9. The van der Waals surface area contributed by atoms with Gasteiger partial charge in [0, 0.05) is 25.2 Å². The number of amides is 2. The van der Waals surface area contributed by atoms with Gasteiger partial charge in [0.15, 0.2) is 0 Å². The lowest BCUT2D eigenvalue weighted by molar-refractivity contribution is 0.0947. The maximum atomic E-state index is 13.7. The Morgan fingerprint density at radius 3 is 2.66 bits per heavy atom. The number of anilines is 1. The number of methoxy groups -OCH3 is 1. The van der Waals surface area contributed by atoms with Gasteiger partial charge < -0.3 is 20.3 Å². The van der Waals surface area contributed by atoms with Gasteiger partial charge in [-0.3, -0.25) is 25.0 Å². The first-order valence-corrected chi connectivity index (χ1v) is 13.8. The van der Waals surface area contributed by atoms with Gasteiger partial charge in [-0.15, -0.1) is 0 Å². The van der Waals surface area contributed by atoms with Gasteiger partial charge in [0.25, 0.3) is 11.5 Å². The number of aromatic nitrogens is 5. The molecule has 1 saturated heterocycles. The topological polar surface area (TPSA) is 191 Å². The van der Waals surface area contributed by atoms with Gasteiger partial charge in [-0.2, -0.15) is 9.78 Å². The molecule has 0 bridgehead atoms. The van der Waals surface area contributed by atoms with E-state index in [1.54, 1.807) is 29.2 Å². The summed E-state index contributed by atoms with van der Waals surface area (Å²) >= 11 is 0. The largest absolute Gasteiger partial charge is 0.496 e. The van der Waals surface area contributed by atoms with Crippen molar-refractivity contribution in [3.8, 4) is 5.75 Å². The fourth-order valence-electron chi connectivity index (χ4n) is 5.05. The number of benzene rings is 2.